The Morgan fingerprint density at radius 1 is 1.25 bits per heavy atom. The molecule has 0 aromatic heterocycles. The van der Waals surface area contributed by atoms with Crippen LogP contribution in [0.2, 0.25) is 0 Å². The molecule has 4 N–H and O–H groups in total. The largest absolute Gasteiger partial charge is 0.526 e. The predicted molar refractivity (Wildman–Crippen MR) is 52.1 cm³/mol. The third kappa shape index (κ3) is 3.73. The van der Waals surface area contributed by atoms with E-state index in [1.165, 1.54) is 12.1 Å². The van der Waals surface area contributed by atoms with Crippen LogP contribution in [0, 0.1) is 0 Å². The van der Waals surface area contributed by atoms with E-state index in [4.69, 9.17) is 9.66 Å². The SMILES string of the molecule is O=C(O)ONNc1ccc(S(=O)(=O)O)cc1. The maximum Gasteiger partial charge on any atom is 0.526 e. The first kappa shape index (κ1) is 12.2. The van der Waals surface area contributed by atoms with Crippen LogP contribution in [0.1, 0.15) is 0 Å². The Balaban J connectivity index is 2.62. The van der Waals surface area contributed by atoms with Gasteiger partial charge in [-0.15, -0.1) is 0 Å². The first-order chi connectivity index (χ1) is 7.39. The lowest BCUT2D eigenvalue weighted by atomic mass is 10.3. The summed E-state index contributed by atoms with van der Waals surface area (Å²) in [6, 6.07) is 4.89. The van der Waals surface area contributed by atoms with Gasteiger partial charge >= 0.3 is 6.16 Å². The first-order valence-corrected chi connectivity index (χ1v) is 5.32. The van der Waals surface area contributed by atoms with Gasteiger partial charge in [0.25, 0.3) is 10.1 Å². The van der Waals surface area contributed by atoms with Gasteiger partial charge in [0.15, 0.2) is 0 Å². The molecule has 0 amide bonds. The van der Waals surface area contributed by atoms with Crippen molar-refractivity contribution in [2.75, 3.05) is 5.43 Å². The van der Waals surface area contributed by atoms with Crippen LogP contribution in [-0.4, -0.2) is 24.2 Å². The Kier molecular flexibility index (Phi) is 3.66. The molecule has 1 aromatic rings. The fourth-order valence-corrected chi connectivity index (χ4v) is 1.32. The average Bonchev–Trinajstić information content (AvgIpc) is 2.16. The zero-order valence-electron chi connectivity index (χ0n) is 7.75. The van der Waals surface area contributed by atoms with Crippen molar-refractivity contribution >= 4 is 22.0 Å². The zero-order valence-corrected chi connectivity index (χ0v) is 8.56. The third-order valence-corrected chi connectivity index (χ3v) is 2.35. The number of hydrogen-bond donors (Lipinski definition) is 4. The molecule has 0 aliphatic carbocycles. The molecule has 1 aromatic carbocycles. The standard InChI is InChI=1S/C7H8N2O6S/c10-7(11)15-9-8-5-1-3-6(4-2-5)16(12,13)14/h1-4,8-9H,(H,10,11)(H,12,13,14). The second-order valence-corrected chi connectivity index (χ2v) is 4.02. The molecule has 0 heterocycles. The Morgan fingerprint density at radius 2 is 1.81 bits per heavy atom. The summed E-state index contributed by atoms with van der Waals surface area (Å²) < 4.78 is 30.0. The Morgan fingerprint density at radius 3 is 2.25 bits per heavy atom. The van der Waals surface area contributed by atoms with Crippen molar-refractivity contribution in [3.05, 3.63) is 24.3 Å². The van der Waals surface area contributed by atoms with Gasteiger partial charge in [0.2, 0.25) is 0 Å². The molecule has 0 atom stereocenters. The second kappa shape index (κ2) is 4.79. The fourth-order valence-electron chi connectivity index (χ4n) is 0.838. The highest BCUT2D eigenvalue weighted by molar-refractivity contribution is 7.85. The van der Waals surface area contributed by atoms with Gasteiger partial charge in [-0.1, -0.05) is 5.59 Å². The van der Waals surface area contributed by atoms with E-state index in [0.717, 1.165) is 12.1 Å². The number of carbonyl (C=O) groups is 1. The fraction of sp³-hybridized carbons (Fsp3) is 0. The summed E-state index contributed by atoms with van der Waals surface area (Å²) in [7, 11) is -4.23. The summed E-state index contributed by atoms with van der Waals surface area (Å²) >= 11 is 0. The minimum absolute atomic E-state index is 0.266. The molecule has 0 radical (unpaired) electrons. The minimum Gasteiger partial charge on any atom is -0.448 e. The van der Waals surface area contributed by atoms with Crippen molar-refractivity contribution in [1.82, 2.24) is 5.59 Å². The van der Waals surface area contributed by atoms with Gasteiger partial charge in [-0.2, -0.15) is 8.42 Å². The van der Waals surface area contributed by atoms with Crippen molar-refractivity contribution in [2.24, 2.45) is 0 Å². The molecule has 0 aliphatic rings. The molecule has 0 bridgehead atoms. The Bertz CT molecular complexity index is 468. The van der Waals surface area contributed by atoms with Crippen LogP contribution < -0.4 is 11.0 Å². The van der Waals surface area contributed by atoms with E-state index in [0.29, 0.717) is 5.69 Å². The Labute approximate surface area is 90.5 Å². The average molecular weight is 248 g/mol. The van der Waals surface area contributed by atoms with Gasteiger partial charge in [0.1, 0.15) is 0 Å². The maximum atomic E-state index is 10.7. The van der Waals surface area contributed by atoms with Gasteiger partial charge in [-0.25, -0.2) is 4.79 Å². The molecule has 0 saturated carbocycles. The van der Waals surface area contributed by atoms with Crippen LogP contribution in [0.5, 0.6) is 0 Å². The van der Waals surface area contributed by atoms with E-state index in [9.17, 15) is 13.2 Å². The molecule has 0 saturated heterocycles. The van der Waals surface area contributed by atoms with E-state index in [1.807, 2.05) is 5.59 Å². The van der Waals surface area contributed by atoms with Crippen molar-refractivity contribution in [1.29, 1.82) is 0 Å². The highest BCUT2D eigenvalue weighted by atomic mass is 32.2. The van der Waals surface area contributed by atoms with Gasteiger partial charge in [0.05, 0.1) is 10.6 Å². The number of benzene rings is 1. The summed E-state index contributed by atoms with van der Waals surface area (Å²) in [5, 5.41) is 8.11. The van der Waals surface area contributed by atoms with Crippen molar-refractivity contribution in [2.45, 2.75) is 4.90 Å². The maximum absolute atomic E-state index is 10.7. The van der Waals surface area contributed by atoms with Crippen LogP contribution >= 0.6 is 0 Å². The molecule has 88 valence electrons. The van der Waals surface area contributed by atoms with Crippen molar-refractivity contribution in [3.63, 3.8) is 0 Å². The molecule has 1 rings (SSSR count). The van der Waals surface area contributed by atoms with Crippen molar-refractivity contribution in [3.8, 4) is 0 Å². The number of anilines is 1. The zero-order chi connectivity index (χ0) is 12.2. The van der Waals surface area contributed by atoms with Crippen LogP contribution in [0.15, 0.2) is 29.2 Å². The lowest BCUT2D eigenvalue weighted by Crippen LogP contribution is -2.24. The normalized spacial score (nSPS) is 10.8. The lowest BCUT2D eigenvalue weighted by Gasteiger charge is -2.06. The first-order valence-electron chi connectivity index (χ1n) is 3.88. The highest BCUT2D eigenvalue weighted by Crippen LogP contribution is 2.12. The molecule has 0 aliphatic heterocycles. The monoisotopic (exact) mass is 248 g/mol. The smallest absolute Gasteiger partial charge is 0.448 e. The van der Waals surface area contributed by atoms with Gasteiger partial charge in [-0.3, -0.25) is 9.98 Å². The summed E-state index contributed by atoms with van der Waals surface area (Å²) in [6.45, 7) is 0. The van der Waals surface area contributed by atoms with Crippen molar-refractivity contribution < 1.29 is 27.7 Å². The molecular formula is C7H8N2O6S. The van der Waals surface area contributed by atoms with Gasteiger partial charge in [-0.05, 0) is 24.3 Å². The third-order valence-electron chi connectivity index (χ3n) is 1.49. The summed E-state index contributed by atoms with van der Waals surface area (Å²) in [6.07, 6.45) is -1.53. The van der Waals surface area contributed by atoms with Crippen LogP contribution in [0.4, 0.5) is 10.5 Å². The summed E-state index contributed by atoms with van der Waals surface area (Å²) in [5.74, 6) is 0. The lowest BCUT2D eigenvalue weighted by molar-refractivity contribution is 0.0536. The molecular weight excluding hydrogens is 240 g/mol. The predicted octanol–water partition coefficient (Wildman–Crippen LogP) is 0.459. The molecule has 16 heavy (non-hydrogen) atoms. The van der Waals surface area contributed by atoms with Gasteiger partial charge < -0.3 is 9.94 Å². The highest BCUT2D eigenvalue weighted by Gasteiger charge is 2.08. The number of hydrogen-bond acceptors (Lipinski definition) is 6. The molecule has 0 unspecified atom stereocenters. The molecule has 0 fully saturated rings. The van der Waals surface area contributed by atoms with Crippen LogP contribution in [-0.2, 0) is 15.0 Å². The van der Waals surface area contributed by atoms with E-state index in [-0.39, 0.29) is 4.90 Å². The number of rotatable bonds is 4. The van der Waals surface area contributed by atoms with Crippen LogP contribution in [0.3, 0.4) is 0 Å². The second-order valence-electron chi connectivity index (χ2n) is 2.59. The van der Waals surface area contributed by atoms with E-state index in [1.54, 1.807) is 0 Å². The number of hydrazine groups is 1. The van der Waals surface area contributed by atoms with E-state index >= 15 is 0 Å². The van der Waals surface area contributed by atoms with Crippen LogP contribution in [0.25, 0.3) is 0 Å². The molecule has 0 spiro atoms. The quantitative estimate of drug-likeness (QED) is 0.447. The summed E-state index contributed by atoms with van der Waals surface area (Å²) in [4.78, 5) is 13.6. The molecule has 8 nitrogen and oxygen atoms in total. The molecule has 9 heteroatoms. The minimum atomic E-state index is -4.23. The number of nitrogens with one attached hydrogen (secondary N) is 2. The van der Waals surface area contributed by atoms with E-state index in [2.05, 4.69) is 10.3 Å². The van der Waals surface area contributed by atoms with E-state index < -0.39 is 16.3 Å². The summed E-state index contributed by atoms with van der Waals surface area (Å²) in [5.41, 5.74) is 4.58. The topological polar surface area (TPSA) is 125 Å². The van der Waals surface area contributed by atoms with Gasteiger partial charge in [0, 0.05) is 0 Å². The Hall–Kier alpha value is -1.84. The number of carboxylic acid groups (broad SMARTS) is 1.